The maximum Gasteiger partial charge on any atom is 0.269 e. The van der Waals surface area contributed by atoms with Crippen molar-refractivity contribution in [2.75, 3.05) is 11.1 Å². The number of aryl methyl sites for hydroxylation is 1. The standard InChI is InChI=1S/C11H12N4OS/c1-2-9-10(17-15-14-9)11(16)13-8-5-3-4-7(12)6-8/h3-6H,2,12H2,1H3,(H,13,16). The van der Waals surface area contributed by atoms with Crippen LogP contribution in [0.5, 0.6) is 0 Å². The van der Waals surface area contributed by atoms with Gasteiger partial charge in [-0.05, 0) is 36.2 Å². The third-order valence-electron chi connectivity index (χ3n) is 2.24. The number of nitrogens with two attached hydrogens (primary N) is 1. The van der Waals surface area contributed by atoms with E-state index in [0.717, 1.165) is 17.2 Å². The molecule has 6 heteroatoms. The van der Waals surface area contributed by atoms with Gasteiger partial charge >= 0.3 is 0 Å². The molecule has 2 aromatic rings. The lowest BCUT2D eigenvalue weighted by Crippen LogP contribution is -2.12. The molecule has 2 rings (SSSR count). The van der Waals surface area contributed by atoms with E-state index in [1.54, 1.807) is 24.3 Å². The molecular weight excluding hydrogens is 236 g/mol. The zero-order chi connectivity index (χ0) is 12.3. The fraction of sp³-hybridized carbons (Fsp3) is 0.182. The number of amides is 1. The van der Waals surface area contributed by atoms with E-state index in [-0.39, 0.29) is 5.91 Å². The predicted octanol–water partition coefficient (Wildman–Crippen LogP) is 1.94. The van der Waals surface area contributed by atoms with Crippen LogP contribution in [0.15, 0.2) is 24.3 Å². The highest BCUT2D eigenvalue weighted by atomic mass is 32.1. The summed E-state index contributed by atoms with van der Waals surface area (Å²) in [4.78, 5) is 12.5. The molecule has 0 saturated carbocycles. The van der Waals surface area contributed by atoms with Gasteiger partial charge in [0, 0.05) is 11.4 Å². The van der Waals surface area contributed by atoms with Crippen LogP contribution in [0, 0.1) is 0 Å². The van der Waals surface area contributed by atoms with Crippen molar-refractivity contribution in [3.8, 4) is 0 Å². The molecule has 0 aliphatic rings. The maximum absolute atomic E-state index is 11.9. The highest BCUT2D eigenvalue weighted by molar-refractivity contribution is 7.08. The van der Waals surface area contributed by atoms with Gasteiger partial charge < -0.3 is 11.1 Å². The largest absolute Gasteiger partial charge is 0.399 e. The summed E-state index contributed by atoms with van der Waals surface area (Å²) < 4.78 is 3.78. The number of benzene rings is 1. The normalized spacial score (nSPS) is 10.2. The minimum absolute atomic E-state index is 0.192. The van der Waals surface area contributed by atoms with E-state index in [2.05, 4.69) is 14.9 Å². The molecule has 5 nitrogen and oxygen atoms in total. The molecule has 3 N–H and O–H groups in total. The first-order valence-corrected chi connectivity index (χ1v) is 5.96. The van der Waals surface area contributed by atoms with Crippen LogP contribution in [0.25, 0.3) is 0 Å². The molecule has 17 heavy (non-hydrogen) atoms. The van der Waals surface area contributed by atoms with Crippen LogP contribution >= 0.6 is 11.5 Å². The Labute approximate surface area is 103 Å². The van der Waals surface area contributed by atoms with Gasteiger partial charge in [-0.3, -0.25) is 4.79 Å². The summed E-state index contributed by atoms with van der Waals surface area (Å²) in [6.07, 6.45) is 0.691. The van der Waals surface area contributed by atoms with Crippen LogP contribution < -0.4 is 11.1 Å². The van der Waals surface area contributed by atoms with Gasteiger partial charge in [0.25, 0.3) is 5.91 Å². The summed E-state index contributed by atoms with van der Waals surface area (Å²) >= 11 is 1.10. The molecule has 1 aromatic heterocycles. The van der Waals surface area contributed by atoms with Crippen molar-refractivity contribution in [2.45, 2.75) is 13.3 Å². The first-order valence-electron chi connectivity index (χ1n) is 5.19. The second-order valence-corrected chi connectivity index (χ2v) is 4.24. The smallest absolute Gasteiger partial charge is 0.269 e. The lowest BCUT2D eigenvalue weighted by molar-refractivity contribution is 0.102. The van der Waals surface area contributed by atoms with Crippen molar-refractivity contribution < 1.29 is 4.79 Å². The summed E-state index contributed by atoms with van der Waals surface area (Å²) in [5.74, 6) is -0.192. The molecule has 0 bridgehead atoms. The molecule has 88 valence electrons. The molecule has 0 saturated heterocycles. The number of aromatic nitrogens is 2. The average Bonchev–Trinajstić information content (AvgIpc) is 2.77. The highest BCUT2D eigenvalue weighted by Crippen LogP contribution is 2.16. The van der Waals surface area contributed by atoms with E-state index >= 15 is 0 Å². The minimum atomic E-state index is -0.192. The van der Waals surface area contributed by atoms with Gasteiger partial charge in [0.05, 0.1) is 5.69 Å². The Morgan fingerprint density at radius 1 is 1.53 bits per heavy atom. The van der Waals surface area contributed by atoms with Crippen LogP contribution in [0.1, 0.15) is 22.3 Å². The molecule has 1 aromatic carbocycles. The first-order chi connectivity index (χ1) is 8.20. The van der Waals surface area contributed by atoms with Crippen molar-refractivity contribution >= 4 is 28.8 Å². The Kier molecular flexibility index (Phi) is 3.34. The number of rotatable bonds is 3. The predicted molar refractivity (Wildman–Crippen MR) is 68.1 cm³/mol. The highest BCUT2D eigenvalue weighted by Gasteiger charge is 2.14. The maximum atomic E-state index is 11.9. The Morgan fingerprint density at radius 2 is 2.35 bits per heavy atom. The Bertz CT molecular complexity index is 538. The summed E-state index contributed by atoms with van der Waals surface area (Å²) in [5, 5.41) is 6.67. The van der Waals surface area contributed by atoms with Crippen molar-refractivity contribution in [2.24, 2.45) is 0 Å². The Balaban J connectivity index is 2.17. The minimum Gasteiger partial charge on any atom is -0.399 e. The zero-order valence-corrected chi connectivity index (χ0v) is 10.1. The fourth-order valence-corrected chi connectivity index (χ4v) is 2.06. The van der Waals surface area contributed by atoms with E-state index in [9.17, 15) is 4.79 Å². The summed E-state index contributed by atoms with van der Waals surface area (Å²) in [6.45, 7) is 1.94. The molecule has 0 fully saturated rings. The monoisotopic (exact) mass is 248 g/mol. The molecule has 1 heterocycles. The summed E-state index contributed by atoms with van der Waals surface area (Å²) in [5.41, 5.74) is 7.64. The van der Waals surface area contributed by atoms with Crippen LogP contribution in [-0.4, -0.2) is 15.5 Å². The Hall–Kier alpha value is -1.95. The fourth-order valence-electron chi connectivity index (χ4n) is 1.42. The van der Waals surface area contributed by atoms with E-state index in [1.807, 2.05) is 6.92 Å². The molecule has 0 spiro atoms. The topological polar surface area (TPSA) is 80.9 Å². The third-order valence-corrected chi connectivity index (χ3v) is 3.01. The van der Waals surface area contributed by atoms with E-state index in [4.69, 9.17) is 5.73 Å². The van der Waals surface area contributed by atoms with Gasteiger partial charge in [-0.25, -0.2) is 0 Å². The van der Waals surface area contributed by atoms with Gasteiger partial charge in [0.15, 0.2) is 0 Å². The van der Waals surface area contributed by atoms with Crippen molar-refractivity contribution in [3.05, 3.63) is 34.8 Å². The number of nitrogens with one attached hydrogen (secondary N) is 1. The van der Waals surface area contributed by atoms with Gasteiger partial charge in [-0.15, -0.1) is 5.10 Å². The molecule has 0 aliphatic carbocycles. The van der Waals surface area contributed by atoms with E-state index in [1.165, 1.54) is 0 Å². The zero-order valence-electron chi connectivity index (χ0n) is 9.30. The number of anilines is 2. The number of hydrogen-bond donors (Lipinski definition) is 2. The van der Waals surface area contributed by atoms with Crippen LogP contribution in [0.3, 0.4) is 0 Å². The first kappa shape index (κ1) is 11.5. The van der Waals surface area contributed by atoms with Gasteiger partial charge in [-0.1, -0.05) is 17.5 Å². The molecule has 0 aliphatic heterocycles. The lowest BCUT2D eigenvalue weighted by atomic mass is 10.2. The number of carbonyl (C=O) groups excluding carboxylic acids is 1. The van der Waals surface area contributed by atoms with Gasteiger partial charge in [0.2, 0.25) is 0 Å². The number of hydrogen-bond acceptors (Lipinski definition) is 5. The summed E-state index contributed by atoms with van der Waals surface area (Å²) in [7, 11) is 0. The van der Waals surface area contributed by atoms with Gasteiger partial charge in [0.1, 0.15) is 4.88 Å². The van der Waals surface area contributed by atoms with Gasteiger partial charge in [-0.2, -0.15) is 0 Å². The third kappa shape index (κ3) is 2.59. The van der Waals surface area contributed by atoms with Crippen LogP contribution in [0.4, 0.5) is 11.4 Å². The number of carbonyl (C=O) groups is 1. The van der Waals surface area contributed by atoms with Crippen LogP contribution in [0.2, 0.25) is 0 Å². The second kappa shape index (κ2) is 4.92. The average molecular weight is 248 g/mol. The molecule has 1 amide bonds. The summed E-state index contributed by atoms with van der Waals surface area (Å²) in [6, 6.07) is 7.05. The van der Waals surface area contributed by atoms with Crippen molar-refractivity contribution in [1.29, 1.82) is 0 Å². The lowest BCUT2D eigenvalue weighted by Gasteiger charge is -2.04. The number of nitrogen functional groups attached to an aromatic ring is 1. The molecule has 0 atom stereocenters. The van der Waals surface area contributed by atoms with Crippen molar-refractivity contribution in [1.82, 2.24) is 9.59 Å². The van der Waals surface area contributed by atoms with E-state index in [0.29, 0.717) is 22.7 Å². The molecular formula is C11H12N4OS. The molecule has 0 unspecified atom stereocenters. The molecule has 0 radical (unpaired) electrons. The number of nitrogens with zero attached hydrogens (tertiary/aromatic N) is 2. The van der Waals surface area contributed by atoms with Crippen LogP contribution in [-0.2, 0) is 6.42 Å². The Morgan fingerprint density at radius 3 is 3.06 bits per heavy atom. The van der Waals surface area contributed by atoms with Crippen molar-refractivity contribution in [3.63, 3.8) is 0 Å². The second-order valence-electron chi connectivity index (χ2n) is 3.48. The van der Waals surface area contributed by atoms with E-state index < -0.39 is 0 Å². The SMILES string of the molecule is CCc1nnsc1C(=O)Nc1cccc(N)c1. The quantitative estimate of drug-likeness (QED) is 0.813.